The third-order valence-electron chi connectivity index (χ3n) is 3.68. The van der Waals surface area contributed by atoms with Crippen molar-refractivity contribution in [3.63, 3.8) is 0 Å². The van der Waals surface area contributed by atoms with Crippen LogP contribution in [-0.4, -0.2) is 17.3 Å². The molecule has 1 fully saturated rings. The van der Waals surface area contributed by atoms with Crippen LogP contribution in [0.1, 0.15) is 39.0 Å². The van der Waals surface area contributed by atoms with Crippen LogP contribution >= 0.6 is 11.8 Å². The second-order valence-corrected chi connectivity index (χ2v) is 6.64. The molecule has 1 aromatic rings. The van der Waals surface area contributed by atoms with Gasteiger partial charge in [-0.25, -0.2) is 0 Å². The summed E-state index contributed by atoms with van der Waals surface area (Å²) in [6.07, 6.45) is 5.41. The third kappa shape index (κ3) is 3.99. The summed E-state index contributed by atoms with van der Waals surface area (Å²) in [7, 11) is 0. The lowest BCUT2D eigenvalue weighted by atomic mass is 9.82. The van der Waals surface area contributed by atoms with E-state index in [1.807, 2.05) is 17.8 Å². The first-order valence-corrected chi connectivity index (χ1v) is 8.04. The summed E-state index contributed by atoms with van der Waals surface area (Å²) in [4.78, 5) is 1.32. The molecule has 0 saturated heterocycles. The van der Waals surface area contributed by atoms with E-state index in [1.54, 1.807) is 0 Å². The standard InChI is InChI=1S/C16H22N2S/c1-2-11-18-16(13-17)10-6-9-15(12-16)19-14-7-4-3-5-8-14/h3-5,7-8,15,18H,2,6,9-12H2,1H3. The van der Waals surface area contributed by atoms with Gasteiger partial charge in [0.2, 0.25) is 0 Å². The molecule has 0 spiro atoms. The van der Waals surface area contributed by atoms with E-state index in [4.69, 9.17) is 0 Å². The summed E-state index contributed by atoms with van der Waals surface area (Å²) >= 11 is 1.92. The van der Waals surface area contributed by atoms with Gasteiger partial charge in [-0.3, -0.25) is 5.32 Å². The Labute approximate surface area is 120 Å². The van der Waals surface area contributed by atoms with Gasteiger partial charge in [-0.1, -0.05) is 25.1 Å². The van der Waals surface area contributed by atoms with Crippen LogP contribution < -0.4 is 5.32 Å². The van der Waals surface area contributed by atoms with Crippen LogP contribution in [0.3, 0.4) is 0 Å². The highest BCUT2D eigenvalue weighted by molar-refractivity contribution is 8.00. The smallest absolute Gasteiger partial charge is 0.107 e. The first kappa shape index (κ1) is 14.4. The van der Waals surface area contributed by atoms with Gasteiger partial charge < -0.3 is 0 Å². The van der Waals surface area contributed by atoms with Gasteiger partial charge >= 0.3 is 0 Å². The Morgan fingerprint density at radius 2 is 2.21 bits per heavy atom. The lowest BCUT2D eigenvalue weighted by Crippen LogP contribution is -2.48. The zero-order chi connectivity index (χ0) is 13.6. The second-order valence-electron chi connectivity index (χ2n) is 5.27. The van der Waals surface area contributed by atoms with Gasteiger partial charge in [0.1, 0.15) is 5.54 Å². The fraction of sp³-hybridized carbons (Fsp3) is 0.562. The van der Waals surface area contributed by atoms with E-state index in [-0.39, 0.29) is 5.54 Å². The Bertz CT molecular complexity index is 426. The van der Waals surface area contributed by atoms with Crippen LogP contribution in [-0.2, 0) is 0 Å². The maximum Gasteiger partial charge on any atom is 0.107 e. The first-order valence-electron chi connectivity index (χ1n) is 7.16. The predicted octanol–water partition coefficient (Wildman–Crippen LogP) is 3.98. The number of thioether (sulfide) groups is 1. The summed E-state index contributed by atoms with van der Waals surface area (Å²) in [5.74, 6) is 0. The van der Waals surface area contributed by atoms with Crippen molar-refractivity contribution in [2.75, 3.05) is 6.54 Å². The van der Waals surface area contributed by atoms with Crippen LogP contribution in [0.25, 0.3) is 0 Å². The monoisotopic (exact) mass is 274 g/mol. The first-order chi connectivity index (χ1) is 9.28. The molecule has 3 heteroatoms. The minimum atomic E-state index is -0.291. The molecule has 2 atom stereocenters. The zero-order valence-corrected chi connectivity index (χ0v) is 12.4. The minimum absolute atomic E-state index is 0.291. The fourth-order valence-electron chi connectivity index (χ4n) is 2.68. The maximum atomic E-state index is 9.53. The van der Waals surface area contributed by atoms with Crippen molar-refractivity contribution in [3.05, 3.63) is 30.3 Å². The number of nitrogens with zero attached hydrogens (tertiary/aromatic N) is 1. The molecule has 0 aromatic heterocycles. The largest absolute Gasteiger partial charge is 0.299 e. The molecule has 1 aliphatic rings. The van der Waals surface area contributed by atoms with Crippen molar-refractivity contribution < 1.29 is 0 Å². The molecule has 1 N–H and O–H groups in total. The van der Waals surface area contributed by atoms with E-state index in [0.29, 0.717) is 5.25 Å². The van der Waals surface area contributed by atoms with E-state index < -0.39 is 0 Å². The molecule has 2 rings (SSSR count). The van der Waals surface area contributed by atoms with Gasteiger partial charge in [-0.15, -0.1) is 11.8 Å². The molecular formula is C16H22N2S. The summed E-state index contributed by atoms with van der Waals surface area (Å²) in [6, 6.07) is 13.1. The topological polar surface area (TPSA) is 35.8 Å². The van der Waals surface area contributed by atoms with E-state index in [1.165, 1.54) is 11.3 Å². The van der Waals surface area contributed by atoms with Gasteiger partial charge in [0, 0.05) is 10.1 Å². The van der Waals surface area contributed by atoms with Gasteiger partial charge in [-0.05, 0) is 50.8 Å². The number of nitrogens with one attached hydrogen (secondary N) is 1. The fourth-order valence-corrected chi connectivity index (χ4v) is 4.03. The Balaban J connectivity index is 1.98. The summed E-state index contributed by atoms with van der Waals surface area (Å²) < 4.78 is 0. The van der Waals surface area contributed by atoms with Crippen molar-refractivity contribution in [2.24, 2.45) is 0 Å². The Morgan fingerprint density at radius 1 is 1.42 bits per heavy atom. The van der Waals surface area contributed by atoms with E-state index in [9.17, 15) is 5.26 Å². The highest BCUT2D eigenvalue weighted by Crippen LogP contribution is 2.38. The Kier molecular flexibility index (Phi) is 5.30. The average molecular weight is 274 g/mol. The molecular weight excluding hydrogens is 252 g/mol. The number of hydrogen-bond acceptors (Lipinski definition) is 3. The van der Waals surface area contributed by atoms with Crippen molar-refractivity contribution >= 4 is 11.8 Å². The highest BCUT2D eigenvalue weighted by atomic mass is 32.2. The van der Waals surface area contributed by atoms with Gasteiger partial charge in [-0.2, -0.15) is 5.26 Å². The minimum Gasteiger partial charge on any atom is -0.299 e. The maximum absolute atomic E-state index is 9.53. The summed E-state index contributed by atoms with van der Waals surface area (Å²) in [5.41, 5.74) is -0.291. The molecule has 1 saturated carbocycles. The SMILES string of the molecule is CCCNC1(C#N)CCCC(Sc2ccccc2)C1. The zero-order valence-electron chi connectivity index (χ0n) is 11.6. The number of nitriles is 1. The number of benzene rings is 1. The summed E-state index contributed by atoms with van der Waals surface area (Å²) in [6.45, 7) is 3.09. The predicted molar refractivity (Wildman–Crippen MR) is 81.2 cm³/mol. The van der Waals surface area contributed by atoms with E-state index in [2.05, 4.69) is 42.6 Å². The Morgan fingerprint density at radius 3 is 2.89 bits per heavy atom. The van der Waals surface area contributed by atoms with Crippen LogP contribution in [0.5, 0.6) is 0 Å². The van der Waals surface area contributed by atoms with Crippen molar-refractivity contribution in [1.29, 1.82) is 5.26 Å². The molecule has 0 radical (unpaired) electrons. The Hall–Kier alpha value is -0.980. The second kappa shape index (κ2) is 6.98. The molecule has 2 unspecified atom stereocenters. The lowest BCUT2D eigenvalue weighted by Gasteiger charge is -2.36. The third-order valence-corrected chi connectivity index (χ3v) is 4.96. The van der Waals surface area contributed by atoms with Gasteiger partial charge in [0.25, 0.3) is 0 Å². The van der Waals surface area contributed by atoms with E-state index in [0.717, 1.165) is 32.2 Å². The molecule has 1 aromatic carbocycles. The van der Waals surface area contributed by atoms with Crippen LogP contribution in [0, 0.1) is 11.3 Å². The summed E-state index contributed by atoms with van der Waals surface area (Å²) in [5, 5.41) is 13.6. The normalized spacial score (nSPS) is 26.8. The molecule has 0 amide bonds. The lowest BCUT2D eigenvalue weighted by molar-refractivity contribution is 0.305. The van der Waals surface area contributed by atoms with Crippen molar-refractivity contribution in [3.8, 4) is 6.07 Å². The molecule has 0 bridgehead atoms. The van der Waals surface area contributed by atoms with E-state index >= 15 is 0 Å². The van der Waals surface area contributed by atoms with Gasteiger partial charge in [0.05, 0.1) is 6.07 Å². The molecule has 102 valence electrons. The van der Waals surface area contributed by atoms with Crippen LogP contribution in [0.2, 0.25) is 0 Å². The quantitative estimate of drug-likeness (QED) is 0.882. The van der Waals surface area contributed by atoms with Crippen molar-refractivity contribution in [2.45, 2.75) is 54.7 Å². The molecule has 19 heavy (non-hydrogen) atoms. The van der Waals surface area contributed by atoms with Crippen LogP contribution in [0.15, 0.2) is 35.2 Å². The number of rotatable bonds is 5. The molecule has 0 heterocycles. The number of hydrogen-bond donors (Lipinski definition) is 1. The molecule has 1 aliphatic carbocycles. The van der Waals surface area contributed by atoms with Gasteiger partial charge in [0.15, 0.2) is 0 Å². The van der Waals surface area contributed by atoms with Crippen molar-refractivity contribution in [1.82, 2.24) is 5.32 Å². The molecule has 2 nitrogen and oxygen atoms in total. The highest BCUT2D eigenvalue weighted by Gasteiger charge is 2.36. The molecule has 0 aliphatic heterocycles. The average Bonchev–Trinajstić information content (AvgIpc) is 2.46. The van der Waals surface area contributed by atoms with Crippen LogP contribution in [0.4, 0.5) is 0 Å².